The van der Waals surface area contributed by atoms with Gasteiger partial charge in [0.05, 0.1) is 12.5 Å². The summed E-state index contributed by atoms with van der Waals surface area (Å²) in [5, 5.41) is 11.2. The van der Waals surface area contributed by atoms with Gasteiger partial charge in [0, 0.05) is 5.92 Å². The number of carboxylic acid groups (broad SMARTS) is 1. The van der Waals surface area contributed by atoms with E-state index in [2.05, 4.69) is 5.32 Å². The molecule has 15 heavy (non-hydrogen) atoms. The molecule has 0 aromatic carbocycles. The van der Waals surface area contributed by atoms with Crippen molar-refractivity contribution in [3.63, 3.8) is 0 Å². The summed E-state index contributed by atoms with van der Waals surface area (Å²) >= 11 is 0. The number of hydrogen-bond acceptors (Lipinski definition) is 3. The average Bonchev–Trinajstić information content (AvgIpc) is 2.26. The predicted octanol–water partition coefficient (Wildman–Crippen LogP) is 0.192. The number of hydrogen-bond donors (Lipinski definition) is 2. The molecule has 1 amide bonds. The Bertz CT molecular complexity index is 256. The minimum absolute atomic E-state index is 0.0394. The van der Waals surface area contributed by atoms with Gasteiger partial charge in [0.25, 0.3) is 0 Å². The molecule has 0 aromatic heterocycles. The van der Waals surface area contributed by atoms with Crippen LogP contribution in [0.1, 0.15) is 25.7 Å². The van der Waals surface area contributed by atoms with Crippen molar-refractivity contribution in [2.75, 3.05) is 6.54 Å². The molecule has 0 atom stereocenters. The lowest BCUT2D eigenvalue weighted by Crippen LogP contribution is -2.35. The van der Waals surface area contributed by atoms with Crippen LogP contribution in [0.3, 0.4) is 0 Å². The molecule has 2 N–H and O–H groups in total. The van der Waals surface area contributed by atoms with Crippen LogP contribution in [0.2, 0.25) is 0 Å². The van der Waals surface area contributed by atoms with Gasteiger partial charge in [-0.15, -0.1) is 0 Å². The lowest BCUT2D eigenvalue weighted by Gasteiger charge is -2.24. The van der Waals surface area contributed by atoms with E-state index in [4.69, 9.17) is 5.11 Å². The van der Waals surface area contributed by atoms with Crippen molar-refractivity contribution in [2.45, 2.75) is 25.7 Å². The monoisotopic (exact) mass is 213 g/mol. The van der Waals surface area contributed by atoms with Crippen LogP contribution in [-0.4, -0.2) is 29.8 Å². The van der Waals surface area contributed by atoms with Crippen molar-refractivity contribution in [2.24, 2.45) is 11.8 Å². The molecule has 0 bridgehead atoms. The van der Waals surface area contributed by atoms with Crippen LogP contribution in [0, 0.1) is 11.8 Å². The number of carboxylic acids is 1. The molecule has 1 aliphatic carbocycles. The third kappa shape index (κ3) is 3.34. The summed E-state index contributed by atoms with van der Waals surface area (Å²) in [6.45, 7) is 0.0394. The first-order chi connectivity index (χ1) is 7.15. The smallest absolute Gasteiger partial charge is 0.306 e. The lowest BCUT2D eigenvalue weighted by molar-refractivity contribution is -0.144. The molecule has 5 nitrogen and oxygen atoms in total. The maximum absolute atomic E-state index is 11.4. The van der Waals surface area contributed by atoms with Crippen LogP contribution in [0.25, 0.3) is 0 Å². The second-order valence-electron chi connectivity index (χ2n) is 3.80. The van der Waals surface area contributed by atoms with E-state index in [1.54, 1.807) is 0 Å². The van der Waals surface area contributed by atoms with Crippen LogP contribution in [0.4, 0.5) is 0 Å². The van der Waals surface area contributed by atoms with E-state index in [0.29, 0.717) is 32.0 Å². The maximum Gasteiger partial charge on any atom is 0.306 e. The van der Waals surface area contributed by atoms with Crippen LogP contribution in [-0.2, 0) is 14.4 Å². The number of aliphatic carboxylic acids is 1. The Labute approximate surface area is 87.8 Å². The fraction of sp³-hybridized carbons (Fsp3) is 0.700. The normalized spacial score (nSPS) is 25.6. The predicted molar refractivity (Wildman–Crippen MR) is 52.2 cm³/mol. The van der Waals surface area contributed by atoms with Crippen molar-refractivity contribution < 1.29 is 19.5 Å². The molecule has 0 heterocycles. The largest absolute Gasteiger partial charge is 0.481 e. The van der Waals surface area contributed by atoms with Gasteiger partial charge < -0.3 is 15.2 Å². The van der Waals surface area contributed by atoms with E-state index in [1.807, 2.05) is 0 Å². The Morgan fingerprint density at radius 3 is 2.20 bits per heavy atom. The van der Waals surface area contributed by atoms with Crippen LogP contribution >= 0.6 is 0 Å². The Morgan fingerprint density at radius 2 is 1.73 bits per heavy atom. The highest BCUT2D eigenvalue weighted by atomic mass is 16.4. The molecule has 84 valence electrons. The summed E-state index contributed by atoms with van der Waals surface area (Å²) in [6, 6.07) is 0. The molecule has 0 spiro atoms. The second kappa shape index (κ2) is 5.48. The summed E-state index contributed by atoms with van der Waals surface area (Å²) in [7, 11) is 0. The summed E-state index contributed by atoms with van der Waals surface area (Å²) in [5.41, 5.74) is 0. The van der Waals surface area contributed by atoms with Gasteiger partial charge in [0.15, 0.2) is 0 Å². The zero-order valence-electron chi connectivity index (χ0n) is 8.44. The molecular formula is C10H15NO4. The number of carbonyl (C=O) groups excluding carboxylic acids is 2. The molecule has 1 rings (SSSR count). The van der Waals surface area contributed by atoms with Crippen molar-refractivity contribution in [3.8, 4) is 0 Å². The number of rotatable bonds is 4. The first-order valence-electron chi connectivity index (χ1n) is 5.09. The van der Waals surface area contributed by atoms with Gasteiger partial charge in [-0.05, 0) is 25.7 Å². The van der Waals surface area contributed by atoms with Crippen LogP contribution in [0.5, 0.6) is 0 Å². The van der Waals surface area contributed by atoms with Gasteiger partial charge in [0.2, 0.25) is 5.91 Å². The van der Waals surface area contributed by atoms with Crippen LogP contribution in [0.15, 0.2) is 0 Å². The van der Waals surface area contributed by atoms with E-state index >= 15 is 0 Å². The standard InChI is InChI=1S/C10H15NO4/c12-6-5-11-9(13)7-1-3-8(4-2-7)10(14)15/h6-8H,1-5H2,(H,11,13)(H,14,15). The molecular weight excluding hydrogens is 198 g/mol. The highest BCUT2D eigenvalue weighted by molar-refractivity contribution is 5.81. The first kappa shape index (κ1) is 11.7. The molecule has 5 heteroatoms. The minimum Gasteiger partial charge on any atom is -0.481 e. The van der Waals surface area contributed by atoms with E-state index in [-0.39, 0.29) is 24.3 Å². The SMILES string of the molecule is O=CCNC(=O)C1CCC(C(=O)O)CC1. The van der Waals surface area contributed by atoms with Crippen LogP contribution < -0.4 is 5.32 Å². The third-order valence-electron chi connectivity index (χ3n) is 2.81. The van der Waals surface area contributed by atoms with Crippen molar-refractivity contribution >= 4 is 18.2 Å². The van der Waals surface area contributed by atoms with Gasteiger partial charge in [-0.25, -0.2) is 0 Å². The second-order valence-corrected chi connectivity index (χ2v) is 3.80. The van der Waals surface area contributed by atoms with Gasteiger partial charge >= 0.3 is 5.97 Å². The number of amides is 1. The van der Waals surface area contributed by atoms with E-state index in [0.717, 1.165) is 0 Å². The number of aldehydes is 1. The average molecular weight is 213 g/mol. The zero-order chi connectivity index (χ0) is 11.3. The first-order valence-corrected chi connectivity index (χ1v) is 5.09. The lowest BCUT2D eigenvalue weighted by atomic mass is 9.81. The molecule has 1 saturated carbocycles. The topological polar surface area (TPSA) is 83.5 Å². The highest BCUT2D eigenvalue weighted by Gasteiger charge is 2.29. The Kier molecular flexibility index (Phi) is 4.27. The van der Waals surface area contributed by atoms with Crippen molar-refractivity contribution in [1.82, 2.24) is 5.32 Å². The summed E-state index contributed by atoms with van der Waals surface area (Å²) in [6.07, 6.45) is 2.94. The fourth-order valence-corrected chi connectivity index (χ4v) is 1.89. The molecule has 1 aliphatic rings. The summed E-state index contributed by atoms with van der Waals surface area (Å²) in [5.74, 6) is -1.34. The van der Waals surface area contributed by atoms with Gasteiger partial charge in [0.1, 0.15) is 6.29 Å². The van der Waals surface area contributed by atoms with E-state index in [9.17, 15) is 14.4 Å². The molecule has 1 fully saturated rings. The van der Waals surface area contributed by atoms with Crippen molar-refractivity contribution in [3.05, 3.63) is 0 Å². The molecule has 0 aliphatic heterocycles. The summed E-state index contributed by atoms with van der Waals surface area (Å²) < 4.78 is 0. The summed E-state index contributed by atoms with van der Waals surface area (Å²) in [4.78, 5) is 32.1. The van der Waals surface area contributed by atoms with Gasteiger partial charge in [-0.2, -0.15) is 0 Å². The minimum atomic E-state index is -0.776. The van der Waals surface area contributed by atoms with E-state index < -0.39 is 5.97 Å². The molecule has 0 radical (unpaired) electrons. The number of carbonyl (C=O) groups is 3. The Morgan fingerprint density at radius 1 is 1.20 bits per heavy atom. The Hall–Kier alpha value is -1.39. The molecule has 0 saturated heterocycles. The van der Waals surface area contributed by atoms with E-state index in [1.165, 1.54) is 0 Å². The fourth-order valence-electron chi connectivity index (χ4n) is 1.89. The quantitative estimate of drug-likeness (QED) is 0.653. The van der Waals surface area contributed by atoms with Gasteiger partial charge in [-0.1, -0.05) is 0 Å². The Balaban J connectivity index is 2.33. The number of nitrogens with one attached hydrogen (secondary N) is 1. The molecule has 0 aromatic rings. The maximum atomic E-state index is 11.4. The zero-order valence-corrected chi connectivity index (χ0v) is 8.44. The van der Waals surface area contributed by atoms with Gasteiger partial charge in [-0.3, -0.25) is 9.59 Å². The van der Waals surface area contributed by atoms with Crippen molar-refractivity contribution in [1.29, 1.82) is 0 Å². The third-order valence-corrected chi connectivity index (χ3v) is 2.81. The highest BCUT2D eigenvalue weighted by Crippen LogP contribution is 2.28. The molecule has 0 unspecified atom stereocenters.